The first-order chi connectivity index (χ1) is 9.79. The smallest absolute Gasteiger partial charge is 0.0682 e. The lowest BCUT2D eigenvalue weighted by Gasteiger charge is -2.17. The molecular formula is C17H15NOS. The topological polar surface area (TPSA) is 25.2 Å². The molecule has 0 bridgehead atoms. The van der Waals surface area contributed by atoms with Gasteiger partial charge in [-0.15, -0.1) is 11.8 Å². The number of nitrogens with zero attached hydrogens (tertiary/aromatic N) is 1. The molecule has 0 radical (unpaired) electrons. The average molecular weight is 281 g/mol. The van der Waals surface area contributed by atoms with Crippen molar-refractivity contribution in [2.45, 2.75) is 17.3 Å². The highest BCUT2D eigenvalue weighted by molar-refractivity contribution is 7.98. The summed E-state index contributed by atoms with van der Waals surface area (Å²) in [6.07, 6.45) is 0. The summed E-state index contributed by atoms with van der Waals surface area (Å²) in [5, 5.41) is 10.6. The SMILES string of the molecule is Cn1c2c(c3ccc(CO)cc31)CSc1ccccc1-2. The van der Waals surface area contributed by atoms with Gasteiger partial charge in [0.25, 0.3) is 0 Å². The van der Waals surface area contributed by atoms with E-state index in [0.717, 1.165) is 11.3 Å². The van der Waals surface area contributed by atoms with E-state index in [4.69, 9.17) is 0 Å². The highest BCUT2D eigenvalue weighted by atomic mass is 32.2. The van der Waals surface area contributed by atoms with Crippen LogP contribution in [0, 0.1) is 0 Å². The maximum atomic E-state index is 9.34. The Labute approximate surface area is 122 Å². The molecule has 2 nitrogen and oxygen atoms in total. The van der Waals surface area contributed by atoms with Crippen LogP contribution < -0.4 is 0 Å². The number of hydrogen-bond acceptors (Lipinski definition) is 2. The summed E-state index contributed by atoms with van der Waals surface area (Å²) in [6, 6.07) is 14.9. The molecule has 3 heteroatoms. The molecular weight excluding hydrogens is 266 g/mol. The highest BCUT2D eigenvalue weighted by Crippen LogP contribution is 2.45. The lowest BCUT2D eigenvalue weighted by atomic mass is 10.1. The van der Waals surface area contributed by atoms with Crippen LogP contribution in [-0.4, -0.2) is 9.67 Å². The number of aliphatic hydroxyl groups excluding tert-OH is 1. The lowest BCUT2D eigenvalue weighted by molar-refractivity contribution is 0.282. The van der Waals surface area contributed by atoms with Gasteiger partial charge in [-0.25, -0.2) is 0 Å². The van der Waals surface area contributed by atoms with Gasteiger partial charge in [-0.05, 0) is 23.3 Å². The van der Waals surface area contributed by atoms with Gasteiger partial charge < -0.3 is 9.67 Å². The molecule has 1 aromatic heterocycles. The molecule has 0 amide bonds. The van der Waals surface area contributed by atoms with E-state index in [2.05, 4.69) is 48.0 Å². The first kappa shape index (κ1) is 12.1. The summed E-state index contributed by atoms with van der Waals surface area (Å²) in [5.74, 6) is 1.02. The van der Waals surface area contributed by atoms with Crippen molar-refractivity contribution in [1.29, 1.82) is 0 Å². The molecule has 0 aliphatic carbocycles. The van der Waals surface area contributed by atoms with E-state index in [1.54, 1.807) is 0 Å². The minimum Gasteiger partial charge on any atom is -0.392 e. The normalized spacial score (nSPS) is 13.3. The van der Waals surface area contributed by atoms with Crippen molar-refractivity contribution in [3.8, 4) is 11.3 Å². The van der Waals surface area contributed by atoms with Gasteiger partial charge in [0, 0.05) is 34.2 Å². The molecule has 2 aromatic carbocycles. The molecule has 0 saturated carbocycles. The zero-order chi connectivity index (χ0) is 13.7. The van der Waals surface area contributed by atoms with E-state index in [9.17, 15) is 5.11 Å². The van der Waals surface area contributed by atoms with Crippen molar-refractivity contribution >= 4 is 22.7 Å². The Hall–Kier alpha value is -1.71. The minimum absolute atomic E-state index is 0.0944. The molecule has 0 saturated heterocycles. The van der Waals surface area contributed by atoms with E-state index in [1.807, 2.05) is 17.8 Å². The third kappa shape index (κ3) is 1.57. The van der Waals surface area contributed by atoms with Crippen LogP contribution in [0.25, 0.3) is 22.2 Å². The molecule has 4 rings (SSSR count). The molecule has 0 fully saturated rings. The van der Waals surface area contributed by atoms with Crippen molar-refractivity contribution in [1.82, 2.24) is 4.57 Å². The van der Waals surface area contributed by atoms with Gasteiger partial charge in [-0.2, -0.15) is 0 Å². The summed E-state index contributed by atoms with van der Waals surface area (Å²) >= 11 is 1.91. The summed E-state index contributed by atoms with van der Waals surface area (Å²) in [5.41, 5.74) is 6.23. The highest BCUT2D eigenvalue weighted by Gasteiger charge is 2.23. The van der Waals surface area contributed by atoms with E-state index in [0.29, 0.717) is 0 Å². The van der Waals surface area contributed by atoms with Gasteiger partial charge in [0.2, 0.25) is 0 Å². The van der Waals surface area contributed by atoms with Gasteiger partial charge in [0.15, 0.2) is 0 Å². The Bertz CT molecular complexity index is 819. The Kier molecular flexibility index (Phi) is 2.65. The third-order valence-corrected chi connectivity index (χ3v) is 5.17. The van der Waals surface area contributed by atoms with E-state index >= 15 is 0 Å². The molecule has 0 atom stereocenters. The fourth-order valence-corrected chi connectivity index (χ4v) is 4.17. The van der Waals surface area contributed by atoms with Crippen LogP contribution in [0.1, 0.15) is 11.1 Å². The number of rotatable bonds is 1. The van der Waals surface area contributed by atoms with Gasteiger partial charge in [0.1, 0.15) is 0 Å². The third-order valence-electron chi connectivity index (χ3n) is 4.07. The number of thioether (sulfide) groups is 1. The van der Waals surface area contributed by atoms with Gasteiger partial charge in [0.05, 0.1) is 12.3 Å². The van der Waals surface area contributed by atoms with Crippen LogP contribution in [0.2, 0.25) is 0 Å². The number of fused-ring (bicyclic) bond motifs is 5. The quantitative estimate of drug-likeness (QED) is 0.731. The van der Waals surface area contributed by atoms with Crippen molar-refractivity contribution in [2.75, 3.05) is 0 Å². The van der Waals surface area contributed by atoms with Crippen LogP contribution in [0.4, 0.5) is 0 Å². The fraction of sp³-hybridized carbons (Fsp3) is 0.176. The first-order valence-electron chi connectivity index (χ1n) is 6.73. The molecule has 100 valence electrons. The van der Waals surface area contributed by atoms with Crippen LogP contribution in [-0.2, 0) is 19.4 Å². The predicted molar refractivity (Wildman–Crippen MR) is 83.8 cm³/mol. The van der Waals surface area contributed by atoms with E-state index in [1.165, 1.54) is 32.6 Å². The molecule has 0 unspecified atom stereocenters. The predicted octanol–water partition coefficient (Wildman–Crippen LogP) is 3.94. The number of aryl methyl sites for hydroxylation is 1. The van der Waals surface area contributed by atoms with Crippen LogP contribution in [0.15, 0.2) is 47.4 Å². The zero-order valence-electron chi connectivity index (χ0n) is 11.3. The Morgan fingerprint density at radius 3 is 2.90 bits per heavy atom. The van der Waals surface area contributed by atoms with Gasteiger partial charge in [-0.1, -0.05) is 30.3 Å². The van der Waals surface area contributed by atoms with E-state index in [-0.39, 0.29) is 6.61 Å². The molecule has 1 N–H and O–H groups in total. The Morgan fingerprint density at radius 2 is 2.05 bits per heavy atom. The average Bonchev–Trinajstić information content (AvgIpc) is 2.80. The largest absolute Gasteiger partial charge is 0.392 e. The van der Waals surface area contributed by atoms with Gasteiger partial charge in [-0.3, -0.25) is 0 Å². The molecule has 2 heterocycles. The number of aliphatic hydroxyl groups is 1. The Balaban J connectivity index is 2.08. The lowest BCUT2D eigenvalue weighted by Crippen LogP contribution is -1.99. The van der Waals surface area contributed by atoms with Crippen LogP contribution in [0.3, 0.4) is 0 Å². The first-order valence-corrected chi connectivity index (χ1v) is 7.71. The maximum absolute atomic E-state index is 9.34. The summed E-state index contributed by atoms with van der Waals surface area (Å²) in [6.45, 7) is 0.0944. The van der Waals surface area contributed by atoms with Crippen molar-refractivity contribution < 1.29 is 5.11 Å². The summed E-state index contributed by atoms with van der Waals surface area (Å²) in [4.78, 5) is 1.35. The minimum atomic E-state index is 0.0944. The summed E-state index contributed by atoms with van der Waals surface area (Å²) in [7, 11) is 2.12. The summed E-state index contributed by atoms with van der Waals surface area (Å²) < 4.78 is 2.27. The molecule has 20 heavy (non-hydrogen) atoms. The van der Waals surface area contributed by atoms with Crippen LogP contribution in [0.5, 0.6) is 0 Å². The van der Waals surface area contributed by atoms with Gasteiger partial charge >= 0.3 is 0 Å². The number of benzene rings is 2. The van der Waals surface area contributed by atoms with E-state index < -0.39 is 0 Å². The number of aromatic nitrogens is 1. The zero-order valence-corrected chi connectivity index (χ0v) is 12.1. The molecule has 1 aliphatic heterocycles. The second kappa shape index (κ2) is 4.40. The molecule has 0 spiro atoms. The maximum Gasteiger partial charge on any atom is 0.0682 e. The second-order valence-electron chi connectivity index (χ2n) is 5.18. The number of hydrogen-bond donors (Lipinski definition) is 1. The van der Waals surface area contributed by atoms with Crippen molar-refractivity contribution in [3.05, 3.63) is 53.6 Å². The molecule has 1 aliphatic rings. The van der Waals surface area contributed by atoms with Crippen molar-refractivity contribution in [2.24, 2.45) is 7.05 Å². The second-order valence-corrected chi connectivity index (χ2v) is 6.20. The molecule has 3 aromatic rings. The van der Waals surface area contributed by atoms with Crippen molar-refractivity contribution in [3.63, 3.8) is 0 Å². The fourth-order valence-electron chi connectivity index (χ4n) is 3.09. The monoisotopic (exact) mass is 281 g/mol. The standard InChI is InChI=1S/C17H15NOS/c1-18-15-8-11(9-19)6-7-12(15)14-10-20-16-5-3-2-4-13(16)17(14)18/h2-8,19H,9-10H2,1H3. The Morgan fingerprint density at radius 1 is 1.20 bits per heavy atom. The van der Waals surface area contributed by atoms with Crippen LogP contribution >= 0.6 is 11.8 Å².